The van der Waals surface area contributed by atoms with Crippen molar-refractivity contribution in [3.8, 4) is 0 Å². The lowest BCUT2D eigenvalue weighted by molar-refractivity contribution is -0.112. The molecule has 0 fully saturated rings. The van der Waals surface area contributed by atoms with Gasteiger partial charge in [-0.25, -0.2) is 0 Å². The first-order chi connectivity index (χ1) is 7.22. The second kappa shape index (κ2) is 6.43. The highest BCUT2D eigenvalue weighted by atomic mass is 79.9. The smallest absolute Gasteiger partial charge is 0.0999 e. The fraction of sp³-hybridized carbons (Fsp3) is 0.167. The van der Waals surface area contributed by atoms with E-state index in [2.05, 4.69) is 22.5 Å². The van der Waals surface area contributed by atoms with Crippen LogP contribution >= 0.6 is 15.9 Å². The number of allylic oxidation sites excluding steroid dienone is 2. The van der Waals surface area contributed by atoms with Gasteiger partial charge < -0.3 is 0 Å². The van der Waals surface area contributed by atoms with E-state index in [1.54, 1.807) is 11.1 Å². The van der Waals surface area contributed by atoms with Crippen molar-refractivity contribution in [1.82, 2.24) is 5.06 Å². The van der Waals surface area contributed by atoms with E-state index in [4.69, 9.17) is 4.84 Å². The molecule has 0 saturated heterocycles. The van der Waals surface area contributed by atoms with Crippen molar-refractivity contribution in [1.29, 1.82) is 0 Å². The molecule has 0 atom stereocenters. The first-order valence-electron chi connectivity index (χ1n) is 4.62. The Hall–Kier alpha value is -1.06. The number of hydrogen-bond acceptors (Lipinski definition) is 2. The summed E-state index contributed by atoms with van der Waals surface area (Å²) in [5.41, 5.74) is 1.15. The first kappa shape index (κ1) is 12.0. The van der Waals surface area contributed by atoms with Crippen molar-refractivity contribution >= 4 is 15.9 Å². The van der Waals surface area contributed by atoms with E-state index < -0.39 is 0 Å². The van der Waals surface area contributed by atoms with Crippen LogP contribution in [0.3, 0.4) is 0 Å². The molecule has 0 spiro atoms. The molecule has 0 heterocycles. The summed E-state index contributed by atoms with van der Waals surface area (Å²) in [6, 6.07) is 10.0. The summed E-state index contributed by atoms with van der Waals surface area (Å²) in [7, 11) is 1.84. The largest absolute Gasteiger partial charge is 0.269 e. The van der Waals surface area contributed by atoms with E-state index in [0.29, 0.717) is 6.61 Å². The number of halogens is 1. The monoisotopic (exact) mass is 267 g/mol. The standard InChI is InChI=1S/C12H14BrNO/c1-3-12(13)9-14(2)15-10-11-7-5-4-6-8-11/h3-9H,1,10H2,2H3/b12-9+. The van der Waals surface area contributed by atoms with Crippen LogP contribution in [0.4, 0.5) is 0 Å². The topological polar surface area (TPSA) is 12.5 Å². The second-order valence-corrected chi connectivity index (χ2v) is 3.94. The Kier molecular flexibility index (Phi) is 5.15. The van der Waals surface area contributed by atoms with Crippen molar-refractivity contribution in [2.75, 3.05) is 7.05 Å². The molecule has 0 aliphatic carbocycles. The number of nitrogens with zero attached hydrogens (tertiary/aromatic N) is 1. The summed E-state index contributed by atoms with van der Waals surface area (Å²) < 4.78 is 0.887. The lowest BCUT2D eigenvalue weighted by atomic mass is 10.2. The van der Waals surface area contributed by atoms with Gasteiger partial charge in [0.15, 0.2) is 0 Å². The zero-order valence-electron chi connectivity index (χ0n) is 8.69. The van der Waals surface area contributed by atoms with Crippen LogP contribution in [0, 0.1) is 0 Å². The number of benzene rings is 1. The average molecular weight is 268 g/mol. The number of rotatable bonds is 5. The van der Waals surface area contributed by atoms with Crippen LogP contribution in [0.2, 0.25) is 0 Å². The second-order valence-electron chi connectivity index (χ2n) is 3.02. The molecule has 0 aliphatic rings. The molecule has 1 rings (SSSR count). The zero-order valence-corrected chi connectivity index (χ0v) is 10.3. The van der Waals surface area contributed by atoms with Gasteiger partial charge in [0.05, 0.1) is 6.61 Å². The molecular formula is C12H14BrNO. The molecule has 15 heavy (non-hydrogen) atoms. The lowest BCUT2D eigenvalue weighted by Gasteiger charge is -2.14. The highest BCUT2D eigenvalue weighted by Gasteiger charge is 1.95. The molecule has 0 aromatic heterocycles. The quantitative estimate of drug-likeness (QED) is 0.599. The Balaban J connectivity index is 2.41. The fourth-order valence-electron chi connectivity index (χ4n) is 1.01. The van der Waals surface area contributed by atoms with Crippen LogP contribution in [0.5, 0.6) is 0 Å². The van der Waals surface area contributed by atoms with Gasteiger partial charge in [-0.05, 0) is 21.5 Å². The fourth-order valence-corrected chi connectivity index (χ4v) is 1.30. The van der Waals surface area contributed by atoms with E-state index >= 15 is 0 Å². The molecule has 0 N–H and O–H groups in total. The normalized spacial score (nSPS) is 11.2. The molecule has 0 unspecified atom stereocenters. The Labute approximate surface area is 98.9 Å². The zero-order chi connectivity index (χ0) is 11.1. The molecule has 0 amide bonds. The van der Waals surface area contributed by atoms with Gasteiger partial charge in [0, 0.05) is 17.7 Å². The van der Waals surface area contributed by atoms with E-state index in [1.165, 1.54) is 0 Å². The van der Waals surface area contributed by atoms with E-state index in [-0.39, 0.29) is 0 Å². The van der Waals surface area contributed by atoms with Gasteiger partial charge in [-0.15, -0.1) is 0 Å². The van der Waals surface area contributed by atoms with Crippen molar-refractivity contribution in [3.05, 3.63) is 59.2 Å². The summed E-state index contributed by atoms with van der Waals surface area (Å²) in [6.45, 7) is 4.20. The predicted molar refractivity (Wildman–Crippen MR) is 66.2 cm³/mol. The third kappa shape index (κ3) is 4.81. The summed E-state index contributed by atoms with van der Waals surface area (Å²) in [5.74, 6) is 0. The number of hydrogen-bond donors (Lipinski definition) is 0. The van der Waals surface area contributed by atoms with Gasteiger partial charge in [-0.3, -0.25) is 9.90 Å². The van der Waals surface area contributed by atoms with Crippen LogP contribution in [0.15, 0.2) is 53.7 Å². The maximum absolute atomic E-state index is 5.48. The SMILES string of the molecule is C=C/C(Br)=C\N(C)OCc1ccccc1. The molecular weight excluding hydrogens is 254 g/mol. The first-order valence-corrected chi connectivity index (χ1v) is 5.41. The maximum Gasteiger partial charge on any atom is 0.0999 e. The molecule has 80 valence electrons. The lowest BCUT2D eigenvalue weighted by Crippen LogP contribution is -2.11. The van der Waals surface area contributed by atoms with Gasteiger partial charge in [0.1, 0.15) is 0 Å². The van der Waals surface area contributed by atoms with Crippen LogP contribution in [-0.4, -0.2) is 12.1 Å². The minimum absolute atomic E-state index is 0.561. The van der Waals surface area contributed by atoms with Crippen LogP contribution in [-0.2, 0) is 11.4 Å². The molecule has 1 aromatic carbocycles. The van der Waals surface area contributed by atoms with Crippen LogP contribution in [0.25, 0.3) is 0 Å². The molecule has 0 radical (unpaired) electrons. The van der Waals surface area contributed by atoms with Gasteiger partial charge >= 0.3 is 0 Å². The summed E-state index contributed by atoms with van der Waals surface area (Å²) in [5, 5.41) is 1.65. The van der Waals surface area contributed by atoms with Crippen molar-refractivity contribution in [2.24, 2.45) is 0 Å². The van der Waals surface area contributed by atoms with E-state index in [1.807, 2.05) is 43.6 Å². The molecule has 0 aliphatic heterocycles. The van der Waals surface area contributed by atoms with Crippen molar-refractivity contribution in [2.45, 2.75) is 6.61 Å². The Morgan fingerprint density at radius 1 is 1.47 bits per heavy atom. The van der Waals surface area contributed by atoms with Crippen molar-refractivity contribution < 1.29 is 4.84 Å². The Bertz CT molecular complexity index is 335. The Morgan fingerprint density at radius 2 is 2.13 bits per heavy atom. The minimum atomic E-state index is 0.561. The van der Waals surface area contributed by atoms with Gasteiger partial charge in [0.2, 0.25) is 0 Å². The maximum atomic E-state index is 5.48. The van der Waals surface area contributed by atoms with Gasteiger partial charge in [-0.2, -0.15) is 0 Å². The Morgan fingerprint density at radius 3 is 2.73 bits per heavy atom. The van der Waals surface area contributed by atoms with Gasteiger partial charge in [0.25, 0.3) is 0 Å². The number of hydroxylamine groups is 2. The van der Waals surface area contributed by atoms with Gasteiger partial charge in [-0.1, -0.05) is 43.0 Å². The third-order valence-corrected chi connectivity index (χ3v) is 2.31. The molecule has 2 nitrogen and oxygen atoms in total. The summed E-state index contributed by atoms with van der Waals surface area (Å²) in [6.07, 6.45) is 3.53. The predicted octanol–water partition coefficient (Wildman–Crippen LogP) is 3.47. The summed E-state index contributed by atoms with van der Waals surface area (Å²) >= 11 is 3.33. The third-order valence-electron chi connectivity index (χ3n) is 1.78. The van der Waals surface area contributed by atoms with Crippen LogP contribution in [0.1, 0.15) is 5.56 Å². The van der Waals surface area contributed by atoms with E-state index in [9.17, 15) is 0 Å². The summed E-state index contributed by atoms with van der Waals surface area (Å²) in [4.78, 5) is 5.48. The van der Waals surface area contributed by atoms with Crippen molar-refractivity contribution in [3.63, 3.8) is 0 Å². The molecule has 0 saturated carbocycles. The minimum Gasteiger partial charge on any atom is -0.269 e. The molecule has 3 heteroatoms. The average Bonchev–Trinajstić information content (AvgIpc) is 2.27. The molecule has 1 aromatic rings. The molecule has 0 bridgehead atoms. The van der Waals surface area contributed by atoms with Crippen LogP contribution < -0.4 is 0 Å². The van der Waals surface area contributed by atoms with E-state index in [0.717, 1.165) is 10.0 Å². The highest BCUT2D eigenvalue weighted by Crippen LogP contribution is 2.08. The highest BCUT2D eigenvalue weighted by molar-refractivity contribution is 9.11.